The lowest BCUT2D eigenvalue weighted by molar-refractivity contribution is 0.434. The molecule has 1 N–H and O–H groups in total. The first kappa shape index (κ1) is 7.80. The maximum absolute atomic E-state index is 3.53. The largest absolute Gasteiger partial charge is 0.311 e. The molecule has 1 aliphatic rings. The second kappa shape index (κ2) is 3.77. The zero-order valence-corrected chi connectivity index (χ0v) is 6.93. The number of nitrogens with one attached hydrogen (secondary N) is 1. The van der Waals surface area contributed by atoms with E-state index < -0.39 is 0 Å². The van der Waals surface area contributed by atoms with Crippen molar-refractivity contribution in [3.63, 3.8) is 0 Å². The molecule has 1 atom stereocenters. The van der Waals surface area contributed by atoms with Crippen molar-refractivity contribution in [2.75, 3.05) is 0 Å². The lowest BCUT2D eigenvalue weighted by Crippen LogP contribution is -2.35. The molecule has 0 aromatic carbocycles. The first-order valence-corrected chi connectivity index (χ1v) is 4.20. The predicted molar refractivity (Wildman–Crippen MR) is 47.2 cm³/mol. The summed E-state index contributed by atoms with van der Waals surface area (Å²) < 4.78 is 0. The first-order valence-electron chi connectivity index (χ1n) is 4.20. The van der Waals surface area contributed by atoms with Crippen molar-refractivity contribution in [1.29, 1.82) is 0 Å². The molecular formula is C9H19N. The molecule has 0 fully saturated rings. The molecule has 1 unspecified atom stereocenters. The number of hydrogen-bond donors (Lipinski definition) is 1. The summed E-state index contributed by atoms with van der Waals surface area (Å²) in [5, 5.41) is 3.53. The van der Waals surface area contributed by atoms with Crippen LogP contribution in [0.15, 0.2) is 12.2 Å². The molecule has 0 saturated heterocycles. The molecule has 1 rings (SSSR count). The van der Waals surface area contributed by atoms with E-state index in [4.69, 9.17) is 0 Å². The van der Waals surface area contributed by atoms with E-state index in [1.54, 1.807) is 0 Å². The highest BCUT2D eigenvalue weighted by atomic mass is 14.9. The van der Waals surface area contributed by atoms with Gasteiger partial charge in [-0.15, -0.1) is 0 Å². The lowest BCUT2D eigenvalue weighted by atomic mass is 10.0. The summed E-state index contributed by atoms with van der Waals surface area (Å²) in [5.41, 5.74) is 0. The van der Waals surface area contributed by atoms with Crippen LogP contribution in [0.4, 0.5) is 0 Å². The SMILES string of the molecule is CC(C)NC1CC=CCC1.[HH]. The molecule has 1 nitrogen and oxygen atoms in total. The minimum absolute atomic E-state index is 0. The maximum atomic E-state index is 3.53. The van der Waals surface area contributed by atoms with Crippen LogP contribution in [0.25, 0.3) is 0 Å². The molecule has 0 radical (unpaired) electrons. The third-order valence-electron chi connectivity index (χ3n) is 1.84. The van der Waals surface area contributed by atoms with Crippen molar-refractivity contribution in [3.8, 4) is 0 Å². The predicted octanol–water partition coefficient (Wildman–Crippen LogP) is 2.34. The summed E-state index contributed by atoms with van der Waals surface area (Å²) >= 11 is 0. The molecule has 0 aliphatic heterocycles. The molecule has 60 valence electrons. The highest BCUT2D eigenvalue weighted by molar-refractivity contribution is 4.93. The average molecular weight is 141 g/mol. The Morgan fingerprint density at radius 2 is 2.30 bits per heavy atom. The molecular weight excluding hydrogens is 122 g/mol. The van der Waals surface area contributed by atoms with Gasteiger partial charge in [-0.3, -0.25) is 0 Å². The topological polar surface area (TPSA) is 12.0 Å². The van der Waals surface area contributed by atoms with E-state index in [1.165, 1.54) is 19.3 Å². The average Bonchev–Trinajstić information content (AvgIpc) is 1.88. The van der Waals surface area contributed by atoms with E-state index in [2.05, 4.69) is 31.3 Å². The Morgan fingerprint density at radius 3 is 2.80 bits per heavy atom. The van der Waals surface area contributed by atoms with Gasteiger partial charge in [0.1, 0.15) is 0 Å². The summed E-state index contributed by atoms with van der Waals surface area (Å²) in [4.78, 5) is 0. The van der Waals surface area contributed by atoms with Crippen molar-refractivity contribution in [3.05, 3.63) is 12.2 Å². The van der Waals surface area contributed by atoms with Crippen molar-refractivity contribution in [2.24, 2.45) is 0 Å². The van der Waals surface area contributed by atoms with Gasteiger partial charge in [0.2, 0.25) is 0 Å². The second-order valence-corrected chi connectivity index (χ2v) is 3.30. The fourth-order valence-corrected chi connectivity index (χ4v) is 1.42. The van der Waals surface area contributed by atoms with E-state index in [1.807, 2.05) is 0 Å². The van der Waals surface area contributed by atoms with Crippen LogP contribution < -0.4 is 5.32 Å². The molecule has 10 heavy (non-hydrogen) atoms. The number of rotatable bonds is 2. The smallest absolute Gasteiger partial charge is 0.0107 e. The minimum atomic E-state index is 0. The Bertz CT molecular complexity index is 121. The highest BCUT2D eigenvalue weighted by Crippen LogP contribution is 2.10. The Balaban J connectivity index is 0.000001000. The van der Waals surface area contributed by atoms with Gasteiger partial charge in [0.05, 0.1) is 0 Å². The van der Waals surface area contributed by atoms with Crippen LogP contribution in [0.1, 0.15) is 34.5 Å². The van der Waals surface area contributed by atoms with E-state index in [-0.39, 0.29) is 1.43 Å². The van der Waals surface area contributed by atoms with Crippen molar-refractivity contribution in [1.82, 2.24) is 5.32 Å². The van der Waals surface area contributed by atoms with Crippen molar-refractivity contribution >= 4 is 0 Å². The van der Waals surface area contributed by atoms with Gasteiger partial charge >= 0.3 is 0 Å². The van der Waals surface area contributed by atoms with Crippen LogP contribution in [0.3, 0.4) is 0 Å². The van der Waals surface area contributed by atoms with Gasteiger partial charge in [0, 0.05) is 13.5 Å². The Kier molecular flexibility index (Phi) is 2.94. The normalized spacial score (nSPS) is 25.7. The molecule has 0 aromatic heterocycles. The Hall–Kier alpha value is -0.300. The molecule has 0 amide bonds. The standard InChI is InChI=1S/C9H17N.H2/c1-8(2)10-9-6-4-3-5-7-9;/h3-4,8-10H,5-7H2,1-2H3;1H. The van der Waals surface area contributed by atoms with Gasteiger partial charge in [-0.1, -0.05) is 26.0 Å². The summed E-state index contributed by atoms with van der Waals surface area (Å²) in [6.45, 7) is 4.41. The molecule has 1 aliphatic carbocycles. The Morgan fingerprint density at radius 1 is 1.50 bits per heavy atom. The van der Waals surface area contributed by atoms with Crippen LogP contribution in [-0.4, -0.2) is 12.1 Å². The van der Waals surface area contributed by atoms with E-state index in [9.17, 15) is 0 Å². The molecule has 0 aromatic rings. The van der Waals surface area contributed by atoms with Crippen LogP contribution in [0.5, 0.6) is 0 Å². The molecule has 0 spiro atoms. The van der Waals surface area contributed by atoms with E-state index >= 15 is 0 Å². The Labute approximate surface area is 65.0 Å². The molecule has 0 bridgehead atoms. The lowest BCUT2D eigenvalue weighted by Gasteiger charge is -2.21. The van der Waals surface area contributed by atoms with E-state index in [0.29, 0.717) is 6.04 Å². The third-order valence-corrected chi connectivity index (χ3v) is 1.84. The molecule has 0 saturated carbocycles. The van der Waals surface area contributed by atoms with Crippen molar-refractivity contribution < 1.29 is 1.43 Å². The summed E-state index contributed by atoms with van der Waals surface area (Å²) in [6.07, 6.45) is 8.35. The zero-order valence-electron chi connectivity index (χ0n) is 6.93. The van der Waals surface area contributed by atoms with Crippen LogP contribution in [0, 0.1) is 0 Å². The fourth-order valence-electron chi connectivity index (χ4n) is 1.42. The minimum Gasteiger partial charge on any atom is -0.311 e. The maximum Gasteiger partial charge on any atom is 0.0107 e. The van der Waals surface area contributed by atoms with Gasteiger partial charge in [0.25, 0.3) is 0 Å². The van der Waals surface area contributed by atoms with Crippen LogP contribution in [-0.2, 0) is 0 Å². The van der Waals surface area contributed by atoms with E-state index in [0.717, 1.165) is 6.04 Å². The van der Waals surface area contributed by atoms with Gasteiger partial charge < -0.3 is 5.32 Å². The quantitative estimate of drug-likeness (QED) is 0.582. The zero-order chi connectivity index (χ0) is 7.40. The second-order valence-electron chi connectivity index (χ2n) is 3.30. The summed E-state index contributed by atoms with van der Waals surface area (Å²) in [7, 11) is 0. The van der Waals surface area contributed by atoms with Gasteiger partial charge in [-0.05, 0) is 19.3 Å². The summed E-state index contributed by atoms with van der Waals surface area (Å²) in [6, 6.07) is 1.38. The highest BCUT2D eigenvalue weighted by Gasteiger charge is 2.09. The van der Waals surface area contributed by atoms with Crippen LogP contribution >= 0.6 is 0 Å². The first-order chi connectivity index (χ1) is 4.79. The van der Waals surface area contributed by atoms with Crippen molar-refractivity contribution in [2.45, 2.75) is 45.2 Å². The number of allylic oxidation sites excluding steroid dienone is 1. The third kappa shape index (κ3) is 2.53. The molecule has 1 heteroatoms. The fraction of sp³-hybridized carbons (Fsp3) is 0.778. The van der Waals surface area contributed by atoms with Gasteiger partial charge in [-0.25, -0.2) is 0 Å². The van der Waals surface area contributed by atoms with Gasteiger partial charge in [-0.2, -0.15) is 0 Å². The van der Waals surface area contributed by atoms with Crippen LogP contribution in [0.2, 0.25) is 0 Å². The molecule has 0 heterocycles. The summed E-state index contributed by atoms with van der Waals surface area (Å²) in [5.74, 6) is 0. The monoisotopic (exact) mass is 141 g/mol. The number of hydrogen-bond acceptors (Lipinski definition) is 1. The van der Waals surface area contributed by atoms with Gasteiger partial charge in [0.15, 0.2) is 0 Å².